The number of rotatable bonds is 3. The monoisotopic (exact) mass is 374 g/mol. The van der Waals surface area contributed by atoms with Gasteiger partial charge in [0, 0.05) is 11.1 Å². The van der Waals surface area contributed by atoms with Gasteiger partial charge in [-0.25, -0.2) is 9.67 Å². The number of aryl methyl sites for hydroxylation is 2. The van der Waals surface area contributed by atoms with Crippen molar-refractivity contribution >= 4 is 44.2 Å². The lowest BCUT2D eigenvalue weighted by Crippen LogP contribution is -2.33. The van der Waals surface area contributed by atoms with Gasteiger partial charge in [-0.05, 0) is 49.9 Å². The minimum absolute atomic E-state index is 0.251. The number of aromatic nitrogens is 3. The van der Waals surface area contributed by atoms with Gasteiger partial charge in [0.25, 0.3) is 11.5 Å². The van der Waals surface area contributed by atoms with Crippen molar-refractivity contribution in [2.24, 2.45) is 0 Å². The second-order valence-electron chi connectivity index (χ2n) is 6.05. The van der Waals surface area contributed by atoms with E-state index in [0.717, 1.165) is 40.7 Å². The molecule has 2 aromatic heterocycles. The summed E-state index contributed by atoms with van der Waals surface area (Å²) in [6.45, 7) is 1.66. The highest BCUT2D eigenvalue weighted by atomic mass is 35.5. The van der Waals surface area contributed by atoms with E-state index < -0.39 is 6.04 Å². The molecule has 2 heterocycles. The van der Waals surface area contributed by atoms with Crippen molar-refractivity contribution in [3.8, 4) is 0 Å². The second-order valence-corrected chi connectivity index (χ2v) is 7.52. The zero-order valence-electron chi connectivity index (χ0n) is 13.5. The molecule has 0 saturated heterocycles. The van der Waals surface area contributed by atoms with Gasteiger partial charge in [0.1, 0.15) is 6.04 Å². The van der Waals surface area contributed by atoms with Crippen LogP contribution in [0.25, 0.3) is 10.2 Å². The van der Waals surface area contributed by atoms with E-state index in [1.165, 1.54) is 16.0 Å². The number of carbonyl (C=O) groups is 1. The quantitative estimate of drug-likeness (QED) is 0.763. The molecule has 1 N–H and O–H groups in total. The van der Waals surface area contributed by atoms with Crippen LogP contribution in [-0.4, -0.2) is 20.7 Å². The molecule has 1 aromatic carbocycles. The summed E-state index contributed by atoms with van der Waals surface area (Å²) in [5, 5.41) is 8.25. The minimum atomic E-state index is -0.714. The van der Waals surface area contributed by atoms with E-state index in [0.29, 0.717) is 10.2 Å². The van der Waals surface area contributed by atoms with Crippen LogP contribution in [0.2, 0.25) is 5.02 Å². The fourth-order valence-corrected chi connectivity index (χ4v) is 4.11. The van der Waals surface area contributed by atoms with Crippen molar-refractivity contribution in [1.29, 1.82) is 0 Å². The van der Waals surface area contributed by atoms with Gasteiger partial charge in [-0.1, -0.05) is 22.9 Å². The molecule has 1 amide bonds. The van der Waals surface area contributed by atoms with Gasteiger partial charge in [0.2, 0.25) is 0 Å². The van der Waals surface area contributed by atoms with Crippen molar-refractivity contribution in [3.63, 3.8) is 0 Å². The maximum absolute atomic E-state index is 12.5. The number of hydrogen-bond donors (Lipinski definition) is 1. The number of benzene rings is 1. The zero-order valence-corrected chi connectivity index (χ0v) is 15.0. The second kappa shape index (κ2) is 6.24. The van der Waals surface area contributed by atoms with Crippen LogP contribution < -0.4 is 10.9 Å². The number of nitrogens with zero attached hydrogens (tertiary/aromatic N) is 3. The molecule has 25 heavy (non-hydrogen) atoms. The molecule has 0 spiro atoms. The van der Waals surface area contributed by atoms with Crippen LogP contribution in [-0.2, 0) is 17.6 Å². The van der Waals surface area contributed by atoms with Crippen LogP contribution in [0.5, 0.6) is 0 Å². The number of fused-ring (bicyclic) bond motifs is 2. The first kappa shape index (κ1) is 16.2. The summed E-state index contributed by atoms with van der Waals surface area (Å²) in [6.07, 6.45) is 2.73. The van der Waals surface area contributed by atoms with Crippen molar-refractivity contribution in [2.45, 2.75) is 32.2 Å². The molecule has 1 aliphatic rings. The van der Waals surface area contributed by atoms with E-state index in [9.17, 15) is 9.59 Å². The van der Waals surface area contributed by atoms with E-state index in [4.69, 9.17) is 11.6 Å². The smallest absolute Gasteiger partial charge is 0.267 e. The highest BCUT2D eigenvalue weighted by molar-refractivity contribution is 7.22. The number of nitrogens with one attached hydrogen (secondary N) is 1. The van der Waals surface area contributed by atoms with Crippen LogP contribution in [0, 0.1) is 0 Å². The summed E-state index contributed by atoms with van der Waals surface area (Å²) in [4.78, 5) is 29.2. The molecule has 1 aliphatic carbocycles. The van der Waals surface area contributed by atoms with Gasteiger partial charge in [-0.15, -0.1) is 0 Å². The Labute approximate surface area is 152 Å². The molecular formula is C17H15ClN4O2S. The number of amides is 1. The number of anilines is 1. The summed E-state index contributed by atoms with van der Waals surface area (Å²) >= 11 is 7.31. The van der Waals surface area contributed by atoms with E-state index in [1.807, 2.05) is 0 Å². The number of hydrogen-bond acceptors (Lipinski definition) is 5. The van der Waals surface area contributed by atoms with Gasteiger partial charge in [0.05, 0.1) is 15.9 Å². The summed E-state index contributed by atoms with van der Waals surface area (Å²) in [6, 6.07) is 6.25. The first-order valence-electron chi connectivity index (χ1n) is 8.00. The number of halogens is 1. The fourth-order valence-electron chi connectivity index (χ4n) is 2.97. The Morgan fingerprint density at radius 3 is 3.04 bits per heavy atom. The average Bonchev–Trinajstić information content (AvgIpc) is 3.18. The topological polar surface area (TPSA) is 76.9 Å². The van der Waals surface area contributed by atoms with E-state index >= 15 is 0 Å². The predicted molar refractivity (Wildman–Crippen MR) is 98.5 cm³/mol. The maximum atomic E-state index is 12.5. The van der Waals surface area contributed by atoms with E-state index in [2.05, 4.69) is 15.4 Å². The summed E-state index contributed by atoms with van der Waals surface area (Å²) < 4.78 is 2.15. The Balaban J connectivity index is 1.58. The molecule has 3 aromatic rings. The predicted octanol–water partition coefficient (Wildman–Crippen LogP) is 3.19. The maximum Gasteiger partial charge on any atom is 0.267 e. The first-order chi connectivity index (χ1) is 12.0. The van der Waals surface area contributed by atoms with Crippen LogP contribution in [0.3, 0.4) is 0 Å². The van der Waals surface area contributed by atoms with Crippen LogP contribution in [0.15, 0.2) is 29.1 Å². The normalized spacial score (nSPS) is 14.5. The lowest BCUT2D eigenvalue weighted by atomic mass is 10.2. The Morgan fingerprint density at radius 1 is 1.36 bits per heavy atom. The van der Waals surface area contributed by atoms with Crippen molar-refractivity contribution < 1.29 is 4.79 Å². The molecule has 0 saturated carbocycles. The molecule has 1 atom stereocenters. The molecule has 0 bridgehead atoms. The Morgan fingerprint density at radius 2 is 2.20 bits per heavy atom. The standard InChI is InChI=1S/C17H15ClN4O2S/c1-9(22-15(23)7-10-3-2-4-12(10)21-22)16(24)20-17-19-13-6-5-11(18)8-14(13)25-17/h5-9H,2-4H2,1H3,(H,19,20,24). The van der Waals surface area contributed by atoms with Crippen molar-refractivity contribution in [3.05, 3.63) is 50.9 Å². The average molecular weight is 375 g/mol. The SMILES string of the molecule is CC(C(=O)Nc1nc2ccc(Cl)cc2s1)n1nc2c(cc1=O)CCC2. The fraction of sp³-hybridized carbons (Fsp3) is 0.294. The highest BCUT2D eigenvalue weighted by Crippen LogP contribution is 2.28. The number of thiazole rings is 1. The van der Waals surface area contributed by atoms with Gasteiger partial charge >= 0.3 is 0 Å². The van der Waals surface area contributed by atoms with Crippen molar-refractivity contribution in [2.75, 3.05) is 5.32 Å². The van der Waals surface area contributed by atoms with Crippen LogP contribution in [0.4, 0.5) is 5.13 Å². The Bertz CT molecular complexity index is 1040. The molecule has 4 rings (SSSR count). The zero-order chi connectivity index (χ0) is 17.6. The molecule has 1 unspecified atom stereocenters. The molecular weight excluding hydrogens is 360 g/mol. The van der Waals surface area contributed by atoms with Crippen LogP contribution >= 0.6 is 22.9 Å². The first-order valence-corrected chi connectivity index (χ1v) is 9.19. The van der Waals surface area contributed by atoms with Gasteiger partial charge in [-0.3, -0.25) is 9.59 Å². The molecule has 128 valence electrons. The minimum Gasteiger partial charge on any atom is -0.300 e. The highest BCUT2D eigenvalue weighted by Gasteiger charge is 2.22. The third-order valence-corrected chi connectivity index (χ3v) is 5.48. The summed E-state index contributed by atoms with van der Waals surface area (Å²) in [7, 11) is 0. The van der Waals surface area contributed by atoms with Gasteiger partial charge < -0.3 is 5.32 Å². The lowest BCUT2D eigenvalue weighted by Gasteiger charge is -2.14. The summed E-state index contributed by atoms with van der Waals surface area (Å²) in [5.74, 6) is -0.322. The van der Waals surface area contributed by atoms with E-state index in [-0.39, 0.29) is 11.5 Å². The summed E-state index contributed by atoms with van der Waals surface area (Å²) in [5.41, 5.74) is 2.43. The van der Waals surface area contributed by atoms with Crippen molar-refractivity contribution in [1.82, 2.24) is 14.8 Å². The molecule has 0 aliphatic heterocycles. The lowest BCUT2D eigenvalue weighted by molar-refractivity contribution is -0.119. The molecule has 0 fully saturated rings. The Kier molecular flexibility index (Phi) is 4.05. The third kappa shape index (κ3) is 3.05. The van der Waals surface area contributed by atoms with Gasteiger partial charge in [-0.2, -0.15) is 5.10 Å². The molecule has 0 radical (unpaired) electrons. The number of carbonyl (C=O) groups excluding carboxylic acids is 1. The van der Waals surface area contributed by atoms with Gasteiger partial charge in [0.15, 0.2) is 5.13 Å². The van der Waals surface area contributed by atoms with E-state index in [1.54, 1.807) is 31.2 Å². The Hall–Kier alpha value is -2.25. The molecule has 8 heteroatoms. The molecule has 6 nitrogen and oxygen atoms in total. The van der Waals surface area contributed by atoms with Crippen LogP contribution in [0.1, 0.15) is 30.6 Å². The largest absolute Gasteiger partial charge is 0.300 e. The third-order valence-electron chi connectivity index (χ3n) is 4.31.